The Bertz CT molecular complexity index is 840. The van der Waals surface area contributed by atoms with Gasteiger partial charge in [-0.2, -0.15) is 0 Å². The van der Waals surface area contributed by atoms with Gasteiger partial charge in [0.05, 0.1) is 12.2 Å². The zero-order valence-electron chi connectivity index (χ0n) is 13.2. The summed E-state index contributed by atoms with van der Waals surface area (Å²) >= 11 is 0. The molecule has 0 N–H and O–H groups in total. The molecule has 0 amide bonds. The van der Waals surface area contributed by atoms with Crippen molar-refractivity contribution in [1.82, 2.24) is 5.16 Å². The molecule has 0 fully saturated rings. The summed E-state index contributed by atoms with van der Waals surface area (Å²) in [6.45, 7) is 2.01. The van der Waals surface area contributed by atoms with Gasteiger partial charge in [-0.25, -0.2) is 9.79 Å². The molecule has 0 atom stereocenters. The van der Waals surface area contributed by atoms with Crippen LogP contribution in [-0.4, -0.2) is 23.9 Å². The van der Waals surface area contributed by atoms with Gasteiger partial charge in [0.25, 0.3) is 5.88 Å². The van der Waals surface area contributed by atoms with E-state index in [0.29, 0.717) is 5.56 Å². The van der Waals surface area contributed by atoms with E-state index in [1.165, 1.54) is 0 Å². The van der Waals surface area contributed by atoms with Crippen LogP contribution in [-0.2, 0) is 4.74 Å². The highest BCUT2D eigenvalue weighted by molar-refractivity contribution is 5.98. The van der Waals surface area contributed by atoms with Crippen molar-refractivity contribution < 1.29 is 14.1 Å². The van der Waals surface area contributed by atoms with E-state index in [9.17, 15) is 4.79 Å². The van der Waals surface area contributed by atoms with Gasteiger partial charge in [0.15, 0.2) is 0 Å². The first-order chi connectivity index (χ1) is 11.8. The van der Waals surface area contributed by atoms with Crippen molar-refractivity contribution in [3.05, 3.63) is 71.9 Å². The van der Waals surface area contributed by atoms with Gasteiger partial charge in [-0.05, 0) is 18.1 Å². The van der Waals surface area contributed by atoms with E-state index in [1.54, 1.807) is 13.1 Å². The van der Waals surface area contributed by atoms with Gasteiger partial charge in [0.1, 0.15) is 0 Å². The van der Waals surface area contributed by atoms with E-state index in [2.05, 4.69) is 10.1 Å². The second-order valence-electron chi connectivity index (χ2n) is 4.97. The Balaban J connectivity index is 2.03. The number of benzene rings is 2. The maximum absolute atomic E-state index is 12.1. The highest BCUT2D eigenvalue weighted by Gasteiger charge is 2.24. The van der Waals surface area contributed by atoms with Gasteiger partial charge in [-0.1, -0.05) is 65.8 Å². The third kappa shape index (κ3) is 3.41. The van der Waals surface area contributed by atoms with E-state index < -0.39 is 5.97 Å². The summed E-state index contributed by atoms with van der Waals surface area (Å²) in [4.78, 5) is 16.5. The molecule has 0 bridgehead atoms. The third-order valence-corrected chi connectivity index (χ3v) is 3.34. The Morgan fingerprint density at radius 2 is 1.79 bits per heavy atom. The second-order valence-corrected chi connectivity index (χ2v) is 4.97. The SMILES string of the molecule is CCOC(=O)c1noc(/N=C/c2ccccc2)c1-c1ccccc1. The number of aliphatic imine (C=N–C) groups is 1. The van der Waals surface area contributed by atoms with E-state index >= 15 is 0 Å². The van der Waals surface area contributed by atoms with Crippen LogP contribution < -0.4 is 0 Å². The Hall–Kier alpha value is -3.21. The fourth-order valence-electron chi connectivity index (χ4n) is 2.25. The minimum atomic E-state index is -0.527. The fraction of sp³-hybridized carbons (Fsp3) is 0.105. The lowest BCUT2D eigenvalue weighted by atomic mass is 10.1. The summed E-state index contributed by atoms with van der Waals surface area (Å²) in [6.07, 6.45) is 1.67. The molecule has 5 heteroatoms. The molecule has 5 nitrogen and oxygen atoms in total. The Kier molecular flexibility index (Phi) is 4.81. The molecule has 0 aliphatic carbocycles. The molecule has 1 heterocycles. The monoisotopic (exact) mass is 320 g/mol. The smallest absolute Gasteiger partial charge is 0.361 e. The van der Waals surface area contributed by atoms with Gasteiger partial charge in [0, 0.05) is 6.21 Å². The van der Waals surface area contributed by atoms with Crippen molar-refractivity contribution in [2.24, 2.45) is 4.99 Å². The number of carbonyl (C=O) groups is 1. The number of aromatic nitrogens is 1. The lowest BCUT2D eigenvalue weighted by molar-refractivity contribution is 0.0515. The molecule has 3 aromatic rings. The molecule has 0 unspecified atom stereocenters. The Labute approximate surface area is 139 Å². The van der Waals surface area contributed by atoms with Crippen LogP contribution in [0, 0.1) is 0 Å². The lowest BCUT2D eigenvalue weighted by Gasteiger charge is -2.02. The molecule has 1 aromatic heterocycles. The van der Waals surface area contributed by atoms with Gasteiger partial charge >= 0.3 is 5.97 Å². The molecule has 24 heavy (non-hydrogen) atoms. The van der Waals surface area contributed by atoms with Crippen LogP contribution in [0.15, 0.2) is 70.2 Å². The summed E-state index contributed by atoms with van der Waals surface area (Å²) < 4.78 is 10.3. The van der Waals surface area contributed by atoms with Crippen molar-refractivity contribution in [2.45, 2.75) is 6.92 Å². The molecule has 0 aliphatic heterocycles. The quantitative estimate of drug-likeness (QED) is 0.520. The topological polar surface area (TPSA) is 64.7 Å². The van der Waals surface area contributed by atoms with Crippen molar-refractivity contribution in [1.29, 1.82) is 0 Å². The minimum absolute atomic E-state index is 0.128. The molecular weight excluding hydrogens is 304 g/mol. The number of rotatable bonds is 5. The first kappa shape index (κ1) is 15.7. The maximum atomic E-state index is 12.1. The van der Waals surface area contributed by atoms with Crippen molar-refractivity contribution in [2.75, 3.05) is 6.61 Å². The number of esters is 1. The van der Waals surface area contributed by atoms with Gasteiger partial charge in [-0.15, -0.1) is 0 Å². The minimum Gasteiger partial charge on any atom is -0.461 e. The number of hydrogen-bond donors (Lipinski definition) is 0. The standard InChI is InChI=1S/C19H16N2O3/c1-2-23-19(22)17-16(15-11-7-4-8-12-15)18(24-21-17)20-13-14-9-5-3-6-10-14/h3-13H,2H2,1H3/b20-13+. The summed E-state index contributed by atoms with van der Waals surface area (Å²) in [5, 5.41) is 3.86. The molecule has 0 radical (unpaired) electrons. The molecular formula is C19H16N2O3. The predicted molar refractivity (Wildman–Crippen MR) is 91.6 cm³/mol. The zero-order valence-corrected chi connectivity index (χ0v) is 13.2. The highest BCUT2D eigenvalue weighted by Crippen LogP contribution is 2.34. The molecule has 0 spiro atoms. The van der Waals surface area contributed by atoms with Gasteiger partial charge < -0.3 is 9.26 Å². The number of ether oxygens (including phenoxy) is 1. The lowest BCUT2D eigenvalue weighted by Crippen LogP contribution is -2.06. The molecule has 120 valence electrons. The molecule has 0 saturated carbocycles. The normalized spacial score (nSPS) is 10.9. The first-order valence-corrected chi connectivity index (χ1v) is 7.61. The van der Waals surface area contributed by atoms with Crippen LogP contribution in [0.2, 0.25) is 0 Å². The second kappa shape index (κ2) is 7.37. The summed E-state index contributed by atoms with van der Waals surface area (Å²) in [5.74, 6) is -0.255. The summed E-state index contributed by atoms with van der Waals surface area (Å²) in [6, 6.07) is 19.0. The van der Waals surface area contributed by atoms with E-state index in [1.807, 2.05) is 60.7 Å². The van der Waals surface area contributed by atoms with Crippen LogP contribution >= 0.6 is 0 Å². The summed E-state index contributed by atoms with van der Waals surface area (Å²) in [5.41, 5.74) is 2.37. The molecule has 2 aromatic carbocycles. The molecule has 3 rings (SSSR count). The van der Waals surface area contributed by atoms with Gasteiger partial charge in [-0.3, -0.25) is 0 Å². The molecule has 0 aliphatic rings. The van der Waals surface area contributed by atoms with Crippen LogP contribution in [0.4, 0.5) is 5.88 Å². The Morgan fingerprint density at radius 1 is 1.12 bits per heavy atom. The van der Waals surface area contributed by atoms with Crippen molar-refractivity contribution >= 4 is 18.1 Å². The van der Waals surface area contributed by atoms with E-state index in [0.717, 1.165) is 11.1 Å². The van der Waals surface area contributed by atoms with Crippen LogP contribution in [0.3, 0.4) is 0 Å². The Morgan fingerprint density at radius 3 is 2.46 bits per heavy atom. The number of carbonyl (C=O) groups excluding carboxylic acids is 1. The average molecular weight is 320 g/mol. The predicted octanol–water partition coefficient (Wildman–Crippen LogP) is 4.27. The largest absolute Gasteiger partial charge is 0.461 e. The number of nitrogens with zero attached hydrogens (tertiary/aromatic N) is 2. The van der Waals surface area contributed by atoms with Crippen molar-refractivity contribution in [3.63, 3.8) is 0 Å². The average Bonchev–Trinajstić information content (AvgIpc) is 3.06. The van der Waals surface area contributed by atoms with E-state index in [-0.39, 0.29) is 18.2 Å². The van der Waals surface area contributed by atoms with E-state index in [4.69, 9.17) is 9.26 Å². The van der Waals surface area contributed by atoms with Crippen LogP contribution in [0.5, 0.6) is 0 Å². The first-order valence-electron chi connectivity index (χ1n) is 7.61. The van der Waals surface area contributed by atoms with Crippen LogP contribution in [0.1, 0.15) is 23.0 Å². The zero-order chi connectivity index (χ0) is 16.8. The number of hydrogen-bond acceptors (Lipinski definition) is 5. The van der Waals surface area contributed by atoms with Crippen molar-refractivity contribution in [3.8, 4) is 11.1 Å². The molecule has 0 saturated heterocycles. The summed E-state index contributed by atoms with van der Waals surface area (Å²) in [7, 11) is 0. The fourth-order valence-corrected chi connectivity index (χ4v) is 2.25. The maximum Gasteiger partial charge on any atom is 0.361 e. The highest BCUT2D eigenvalue weighted by atomic mass is 16.5. The van der Waals surface area contributed by atoms with Gasteiger partial charge in [0.2, 0.25) is 5.69 Å². The third-order valence-electron chi connectivity index (χ3n) is 3.34. The van der Waals surface area contributed by atoms with Crippen LogP contribution in [0.25, 0.3) is 11.1 Å².